The molecule has 1 saturated carbocycles. The fraction of sp³-hybridized carbons (Fsp3) is 0.846. The standard InChI is InChI=1S/C13H21NO4/c1-13(2,3)18-12(16)14-6-5-8(11(15)17-4)9-7-10(9)14/h8-10H,5-7H2,1-4H3. The van der Waals surface area contributed by atoms with Gasteiger partial charge in [0.2, 0.25) is 0 Å². The monoisotopic (exact) mass is 255 g/mol. The average molecular weight is 255 g/mol. The number of amides is 1. The van der Waals surface area contributed by atoms with Crippen molar-refractivity contribution in [2.75, 3.05) is 13.7 Å². The molecule has 2 fully saturated rings. The maximum absolute atomic E-state index is 12.0. The third-order valence-electron chi connectivity index (χ3n) is 3.53. The number of rotatable bonds is 1. The highest BCUT2D eigenvalue weighted by Crippen LogP contribution is 2.47. The second kappa shape index (κ2) is 4.44. The van der Waals surface area contributed by atoms with Crippen molar-refractivity contribution in [2.45, 2.75) is 45.3 Å². The molecule has 0 bridgehead atoms. The molecule has 3 unspecified atom stereocenters. The molecule has 1 aliphatic heterocycles. The predicted octanol–water partition coefficient (Wildman–Crippen LogP) is 1.80. The van der Waals surface area contributed by atoms with Gasteiger partial charge in [0.25, 0.3) is 0 Å². The van der Waals surface area contributed by atoms with Gasteiger partial charge in [-0.05, 0) is 39.5 Å². The third-order valence-corrected chi connectivity index (χ3v) is 3.53. The summed E-state index contributed by atoms with van der Waals surface area (Å²) >= 11 is 0. The number of piperidine rings is 1. The van der Waals surface area contributed by atoms with Crippen molar-refractivity contribution in [1.29, 1.82) is 0 Å². The van der Waals surface area contributed by atoms with Gasteiger partial charge in [-0.3, -0.25) is 4.79 Å². The highest BCUT2D eigenvalue weighted by atomic mass is 16.6. The van der Waals surface area contributed by atoms with Gasteiger partial charge in [-0.25, -0.2) is 4.79 Å². The molecule has 5 nitrogen and oxygen atoms in total. The van der Waals surface area contributed by atoms with E-state index in [9.17, 15) is 9.59 Å². The largest absolute Gasteiger partial charge is 0.469 e. The molecule has 0 aromatic rings. The van der Waals surface area contributed by atoms with Crippen LogP contribution in [0.4, 0.5) is 4.79 Å². The zero-order chi connectivity index (χ0) is 13.5. The number of ether oxygens (including phenoxy) is 2. The van der Waals surface area contributed by atoms with Crippen LogP contribution in [0.2, 0.25) is 0 Å². The molecule has 0 radical (unpaired) electrons. The van der Waals surface area contributed by atoms with Gasteiger partial charge in [0.1, 0.15) is 5.60 Å². The highest BCUT2D eigenvalue weighted by molar-refractivity contribution is 5.75. The quantitative estimate of drug-likeness (QED) is 0.670. The fourth-order valence-electron chi connectivity index (χ4n) is 2.64. The van der Waals surface area contributed by atoms with E-state index in [1.165, 1.54) is 7.11 Å². The molecule has 0 aromatic carbocycles. The van der Waals surface area contributed by atoms with Crippen molar-refractivity contribution >= 4 is 12.1 Å². The zero-order valence-corrected chi connectivity index (χ0v) is 11.4. The first-order valence-corrected chi connectivity index (χ1v) is 6.41. The Hall–Kier alpha value is -1.26. The SMILES string of the molecule is COC(=O)C1CCN(C(=O)OC(C)(C)C)C2CC12. The molecule has 3 atom stereocenters. The van der Waals surface area contributed by atoms with Gasteiger partial charge in [0, 0.05) is 12.6 Å². The number of methoxy groups -OCH3 is 1. The van der Waals surface area contributed by atoms with E-state index in [1.807, 2.05) is 20.8 Å². The van der Waals surface area contributed by atoms with Crippen LogP contribution in [-0.2, 0) is 14.3 Å². The maximum atomic E-state index is 12.0. The molecule has 5 heteroatoms. The zero-order valence-electron chi connectivity index (χ0n) is 11.4. The lowest BCUT2D eigenvalue weighted by Gasteiger charge is -2.32. The Kier molecular flexibility index (Phi) is 3.25. The topological polar surface area (TPSA) is 55.8 Å². The smallest absolute Gasteiger partial charge is 0.410 e. The molecule has 1 aliphatic carbocycles. The van der Waals surface area contributed by atoms with Crippen LogP contribution in [0.1, 0.15) is 33.6 Å². The summed E-state index contributed by atoms with van der Waals surface area (Å²) < 4.78 is 10.2. The summed E-state index contributed by atoms with van der Waals surface area (Å²) in [5.74, 6) is 0.0729. The van der Waals surface area contributed by atoms with E-state index in [2.05, 4.69) is 0 Å². The van der Waals surface area contributed by atoms with E-state index < -0.39 is 5.60 Å². The summed E-state index contributed by atoms with van der Waals surface area (Å²) in [5.41, 5.74) is -0.472. The van der Waals surface area contributed by atoms with E-state index in [-0.39, 0.29) is 29.9 Å². The first kappa shape index (κ1) is 13.2. The Balaban J connectivity index is 1.93. The van der Waals surface area contributed by atoms with Crippen molar-refractivity contribution in [3.63, 3.8) is 0 Å². The molecule has 0 spiro atoms. The number of carbonyl (C=O) groups is 2. The third kappa shape index (κ3) is 2.60. The Morgan fingerprint density at radius 1 is 1.28 bits per heavy atom. The second-order valence-corrected chi connectivity index (χ2v) is 6.06. The van der Waals surface area contributed by atoms with E-state index in [0.717, 1.165) is 6.42 Å². The molecule has 102 valence electrons. The molecule has 1 saturated heterocycles. The Morgan fingerprint density at radius 3 is 2.50 bits per heavy atom. The van der Waals surface area contributed by atoms with Gasteiger partial charge >= 0.3 is 12.1 Å². The first-order chi connectivity index (χ1) is 8.33. The Labute approximate surface area is 107 Å². The maximum Gasteiger partial charge on any atom is 0.410 e. The van der Waals surface area contributed by atoms with Crippen LogP contribution in [-0.4, -0.2) is 42.3 Å². The summed E-state index contributed by atoms with van der Waals surface area (Å²) in [5, 5.41) is 0. The summed E-state index contributed by atoms with van der Waals surface area (Å²) in [7, 11) is 1.42. The molecule has 18 heavy (non-hydrogen) atoms. The second-order valence-electron chi connectivity index (χ2n) is 6.06. The van der Waals surface area contributed by atoms with Crippen LogP contribution >= 0.6 is 0 Å². The van der Waals surface area contributed by atoms with Crippen molar-refractivity contribution in [3.8, 4) is 0 Å². The lowest BCUT2D eigenvalue weighted by atomic mass is 9.96. The average Bonchev–Trinajstić information content (AvgIpc) is 3.03. The minimum Gasteiger partial charge on any atom is -0.469 e. The van der Waals surface area contributed by atoms with Crippen LogP contribution in [0.3, 0.4) is 0 Å². The van der Waals surface area contributed by atoms with Gasteiger partial charge in [-0.1, -0.05) is 0 Å². The van der Waals surface area contributed by atoms with Crippen LogP contribution < -0.4 is 0 Å². The summed E-state index contributed by atoms with van der Waals surface area (Å²) in [6.45, 7) is 6.15. The van der Waals surface area contributed by atoms with Crippen LogP contribution in [0.15, 0.2) is 0 Å². The van der Waals surface area contributed by atoms with Gasteiger partial charge in [0.05, 0.1) is 13.0 Å². The summed E-state index contributed by atoms with van der Waals surface area (Å²) in [4.78, 5) is 25.3. The van der Waals surface area contributed by atoms with Crippen molar-refractivity contribution in [3.05, 3.63) is 0 Å². The molecule has 1 heterocycles. The van der Waals surface area contributed by atoms with Crippen LogP contribution in [0, 0.1) is 11.8 Å². The molecular weight excluding hydrogens is 234 g/mol. The lowest BCUT2D eigenvalue weighted by Crippen LogP contribution is -2.44. The number of nitrogens with zero attached hydrogens (tertiary/aromatic N) is 1. The van der Waals surface area contributed by atoms with Crippen LogP contribution in [0.5, 0.6) is 0 Å². The molecule has 0 aromatic heterocycles. The number of likely N-dealkylation sites (tertiary alicyclic amines) is 1. The van der Waals surface area contributed by atoms with Gasteiger partial charge in [-0.15, -0.1) is 0 Å². The summed E-state index contributed by atoms with van der Waals surface area (Å²) in [6, 6.07) is 0.165. The Bertz CT molecular complexity index is 360. The van der Waals surface area contributed by atoms with Crippen molar-refractivity contribution in [1.82, 2.24) is 4.90 Å². The van der Waals surface area contributed by atoms with E-state index in [0.29, 0.717) is 13.0 Å². The summed E-state index contributed by atoms with van der Waals surface area (Å²) in [6.07, 6.45) is 1.30. The fourth-order valence-corrected chi connectivity index (χ4v) is 2.64. The first-order valence-electron chi connectivity index (χ1n) is 6.41. The van der Waals surface area contributed by atoms with Gasteiger partial charge in [-0.2, -0.15) is 0 Å². The minimum atomic E-state index is -0.472. The number of carbonyl (C=O) groups excluding carboxylic acids is 2. The molecule has 1 amide bonds. The van der Waals surface area contributed by atoms with Gasteiger partial charge < -0.3 is 14.4 Å². The predicted molar refractivity (Wildman–Crippen MR) is 65.0 cm³/mol. The highest BCUT2D eigenvalue weighted by Gasteiger charge is 2.54. The Morgan fingerprint density at radius 2 is 1.94 bits per heavy atom. The van der Waals surface area contributed by atoms with Crippen LogP contribution in [0.25, 0.3) is 0 Å². The number of esters is 1. The molecular formula is C13H21NO4. The van der Waals surface area contributed by atoms with E-state index in [4.69, 9.17) is 9.47 Å². The molecule has 0 N–H and O–H groups in total. The minimum absolute atomic E-state index is 0.0429. The van der Waals surface area contributed by atoms with E-state index >= 15 is 0 Å². The van der Waals surface area contributed by atoms with Crippen molar-refractivity contribution < 1.29 is 19.1 Å². The number of fused-ring (bicyclic) bond motifs is 1. The number of hydrogen-bond acceptors (Lipinski definition) is 4. The van der Waals surface area contributed by atoms with Gasteiger partial charge in [0.15, 0.2) is 0 Å². The van der Waals surface area contributed by atoms with Crippen molar-refractivity contribution in [2.24, 2.45) is 11.8 Å². The molecule has 2 aliphatic rings. The normalized spacial score (nSPS) is 30.4. The number of hydrogen-bond donors (Lipinski definition) is 0. The van der Waals surface area contributed by atoms with E-state index in [1.54, 1.807) is 4.90 Å². The lowest BCUT2D eigenvalue weighted by molar-refractivity contribution is -0.147. The molecule has 2 rings (SSSR count).